The number of aryl methyl sites for hydroxylation is 1. The monoisotopic (exact) mass is 430 g/mol. The van der Waals surface area contributed by atoms with E-state index < -0.39 is 12.6 Å². The van der Waals surface area contributed by atoms with E-state index in [4.69, 9.17) is 4.74 Å². The van der Waals surface area contributed by atoms with Crippen molar-refractivity contribution >= 4 is 6.09 Å². The largest absolute Gasteiger partial charge is 0.416 e. The molecule has 1 saturated carbocycles. The van der Waals surface area contributed by atoms with Gasteiger partial charge in [-0.25, -0.2) is 9.78 Å². The van der Waals surface area contributed by atoms with E-state index in [1.54, 1.807) is 22.0 Å². The first-order valence-corrected chi connectivity index (χ1v) is 11.0. The number of alkyl halides is 3. The van der Waals surface area contributed by atoms with Crippen LogP contribution >= 0.6 is 0 Å². The summed E-state index contributed by atoms with van der Waals surface area (Å²) < 4.78 is 44.5. The minimum absolute atomic E-state index is 0.0755. The Morgan fingerprint density at radius 1 is 1.23 bits per heavy atom. The van der Waals surface area contributed by atoms with E-state index in [2.05, 4.69) is 11.9 Å². The maximum Gasteiger partial charge on any atom is 0.416 e. The molecule has 1 aliphatic heterocycles. The van der Waals surface area contributed by atoms with Gasteiger partial charge in [-0.3, -0.25) is 0 Å². The minimum atomic E-state index is -4.10. The van der Waals surface area contributed by atoms with E-state index in [0.717, 1.165) is 19.3 Å². The van der Waals surface area contributed by atoms with Crippen LogP contribution < -0.4 is 4.74 Å². The first kappa shape index (κ1) is 22.9. The van der Waals surface area contributed by atoms with Gasteiger partial charge in [-0.1, -0.05) is 32.6 Å². The molecule has 1 aliphatic carbocycles. The molecule has 1 aromatic rings. The molecule has 2 aliphatic rings. The Kier molecular flexibility index (Phi) is 7.65. The fourth-order valence-corrected chi connectivity index (χ4v) is 4.49. The second-order valence-electron chi connectivity index (χ2n) is 8.72. The van der Waals surface area contributed by atoms with Crippen LogP contribution in [0, 0.1) is 17.8 Å². The van der Waals surface area contributed by atoms with Gasteiger partial charge in [0.1, 0.15) is 0 Å². The highest BCUT2D eigenvalue weighted by Gasteiger charge is 2.56. The van der Waals surface area contributed by atoms with Crippen LogP contribution in [0.25, 0.3) is 0 Å². The van der Waals surface area contributed by atoms with Gasteiger partial charge in [0.2, 0.25) is 5.88 Å². The molecule has 1 amide bonds. The highest BCUT2D eigenvalue weighted by molar-refractivity contribution is 5.70. The van der Waals surface area contributed by atoms with Gasteiger partial charge < -0.3 is 19.1 Å². The summed E-state index contributed by atoms with van der Waals surface area (Å²) >= 11 is 0. The van der Waals surface area contributed by atoms with Gasteiger partial charge in [-0.2, -0.15) is 13.2 Å². The van der Waals surface area contributed by atoms with Crippen LogP contribution in [-0.4, -0.2) is 64.3 Å². The first-order valence-electron chi connectivity index (χ1n) is 11.0. The number of imidazole rings is 1. The summed E-state index contributed by atoms with van der Waals surface area (Å²) in [7, 11) is 1.81. The minimum Gasteiger partial charge on any atom is -0.389 e. The Bertz CT molecular complexity index is 682. The number of amides is 1. The number of fused-ring (bicyclic) bond motifs is 1. The Balaban J connectivity index is 1.47. The Morgan fingerprint density at radius 2 is 1.93 bits per heavy atom. The number of nitrogens with zero attached hydrogens (tertiary/aromatic N) is 4. The second kappa shape index (κ2) is 10.0. The van der Waals surface area contributed by atoms with Crippen molar-refractivity contribution in [3.05, 3.63) is 12.5 Å². The average Bonchev–Trinajstić information content (AvgIpc) is 2.99. The molecular weight excluding hydrogens is 397 g/mol. The highest BCUT2D eigenvalue weighted by Crippen LogP contribution is 2.52. The third-order valence-electron chi connectivity index (χ3n) is 6.25. The third kappa shape index (κ3) is 6.62. The number of likely N-dealkylation sites (tertiary alicyclic amines) is 1. The van der Waals surface area contributed by atoms with Gasteiger partial charge in [0, 0.05) is 39.8 Å². The number of hydrogen-bond acceptors (Lipinski definition) is 4. The lowest BCUT2D eigenvalue weighted by atomic mass is 10.1. The number of aromatic nitrogens is 2. The second-order valence-corrected chi connectivity index (χ2v) is 8.72. The molecule has 2 heterocycles. The van der Waals surface area contributed by atoms with E-state index in [1.807, 2.05) is 11.9 Å². The Morgan fingerprint density at radius 3 is 2.53 bits per heavy atom. The molecule has 0 aromatic carbocycles. The molecule has 2 atom stereocenters. The van der Waals surface area contributed by atoms with Gasteiger partial charge in [-0.15, -0.1) is 0 Å². The first-order chi connectivity index (χ1) is 14.3. The van der Waals surface area contributed by atoms with Gasteiger partial charge >= 0.3 is 12.3 Å². The number of hydrogen-bond donors (Lipinski definition) is 0. The van der Waals surface area contributed by atoms with Gasteiger partial charge in [0.15, 0.2) is 0 Å². The zero-order valence-corrected chi connectivity index (χ0v) is 17.9. The lowest BCUT2D eigenvalue weighted by Gasteiger charge is -2.24. The van der Waals surface area contributed by atoms with Crippen LogP contribution in [0.4, 0.5) is 18.0 Å². The summed E-state index contributed by atoms with van der Waals surface area (Å²) in [6, 6.07) is 0. The summed E-state index contributed by atoms with van der Waals surface area (Å²) in [5, 5.41) is 0. The maximum absolute atomic E-state index is 12.7. The molecule has 30 heavy (non-hydrogen) atoms. The van der Waals surface area contributed by atoms with Gasteiger partial charge in [0.25, 0.3) is 0 Å². The summed E-state index contributed by atoms with van der Waals surface area (Å²) in [5.41, 5.74) is 0. The summed E-state index contributed by atoms with van der Waals surface area (Å²) in [4.78, 5) is 20.4. The molecule has 2 fully saturated rings. The molecule has 9 heteroatoms. The van der Waals surface area contributed by atoms with Crippen molar-refractivity contribution in [1.82, 2.24) is 19.4 Å². The van der Waals surface area contributed by atoms with Crippen LogP contribution in [0.2, 0.25) is 0 Å². The molecule has 1 saturated heterocycles. The lowest BCUT2D eigenvalue weighted by Crippen LogP contribution is -2.38. The Labute approximate surface area is 176 Å². The molecule has 0 N–H and O–H groups in total. The molecule has 0 spiro atoms. The summed E-state index contributed by atoms with van der Waals surface area (Å²) in [6.45, 7) is 4.90. The molecule has 170 valence electrons. The van der Waals surface area contributed by atoms with E-state index in [-0.39, 0.29) is 18.5 Å². The standard InChI is InChI=1S/C21H33F3N4O2/c1-3-4-5-6-7-9-28(20(29)30-19-14-26(2)15-25-19)13-18-16-11-27(12-17(16)18)10-8-21(22,23)24/h14-18H,3-13H2,1-2H3. The predicted molar refractivity (Wildman–Crippen MR) is 107 cm³/mol. The van der Waals surface area contributed by atoms with Crippen molar-refractivity contribution in [2.24, 2.45) is 24.8 Å². The zero-order chi connectivity index (χ0) is 21.7. The molecule has 1 aromatic heterocycles. The highest BCUT2D eigenvalue weighted by atomic mass is 19.4. The van der Waals surface area contributed by atoms with Crippen molar-refractivity contribution in [3.8, 4) is 5.88 Å². The fourth-order valence-electron chi connectivity index (χ4n) is 4.49. The smallest absolute Gasteiger partial charge is 0.389 e. The topological polar surface area (TPSA) is 50.6 Å². The van der Waals surface area contributed by atoms with Crippen LogP contribution in [-0.2, 0) is 7.05 Å². The predicted octanol–water partition coefficient (Wildman–Crippen LogP) is 4.32. The fraction of sp³-hybridized carbons (Fsp3) is 0.810. The van der Waals surface area contributed by atoms with Crippen LogP contribution in [0.1, 0.15) is 45.4 Å². The van der Waals surface area contributed by atoms with Crippen LogP contribution in [0.3, 0.4) is 0 Å². The van der Waals surface area contributed by atoms with E-state index >= 15 is 0 Å². The maximum atomic E-state index is 12.7. The summed E-state index contributed by atoms with van der Waals surface area (Å²) in [6.07, 6.45) is 3.51. The SMILES string of the molecule is CCCCCCCN(CC1C2CN(CCC(F)(F)F)CC21)C(=O)Oc1cn(C)cn1. The molecule has 3 rings (SSSR count). The zero-order valence-electron chi connectivity index (χ0n) is 17.9. The van der Waals surface area contributed by atoms with Crippen LogP contribution in [0.5, 0.6) is 5.88 Å². The Hall–Kier alpha value is -1.77. The van der Waals surface area contributed by atoms with E-state index in [9.17, 15) is 18.0 Å². The van der Waals surface area contributed by atoms with Crippen molar-refractivity contribution in [3.63, 3.8) is 0 Å². The van der Waals surface area contributed by atoms with Gasteiger partial charge in [-0.05, 0) is 24.2 Å². The lowest BCUT2D eigenvalue weighted by molar-refractivity contribution is -0.137. The number of ether oxygens (including phenoxy) is 1. The molecule has 0 bridgehead atoms. The van der Waals surface area contributed by atoms with Crippen molar-refractivity contribution in [2.45, 2.75) is 51.6 Å². The number of carbonyl (C=O) groups excluding carboxylic acids is 1. The van der Waals surface area contributed by atoms with Crippen molar-refractivity contribution in [2.75, 3.05) is 32.7 Å². The van der Waals surface area contributed by atoms with Gasteiger partial charge in [0.05, 0.1) is 18.9 Å². The number of unbranched alkanes of at least 4 members (excludes halogenated alkanes) is 4. The number of carbonyl (C=O) groups is 1. The average molecular weight is 431 g/mol. The quantitative estimate of drug-likeness (QED) is 0.491. The summed E-state index contributed by atoms with van der Waals surface area (Å²) in [5.74, 6) is 1.43. The van der Waals surface area contributed by atoms with Crippen LogP contribution in [0.15, 0.2) is 12.5 Å². The van der Waals surface area contributed by atoms with E-state index in [1.165, 1.54) is 12.8 Å². The van der Waals surface area contributed by atoms with Crippen molar-refractivity contribution in [1.29, 1.82) is 0 Å². The third-order valence-corrected chi connectivity index (χ3v) is 6.25. The molecular formula is C21H33F3N4O2. The van der Waals surface area contributed by atoms with Crippen molar-refractivity contribution < 1.29 is 22.7 Å². The molecule has 0 radical (unpaired) electrons. The number of rotatable bonds is 11. The number of piperidine rings is 1. The molecule has 2 unspecified atom stereocenters. The number of halogens is 3. The molecule has 6 nitrogen and oxygen atoms in total. The van der Waals surface area contributed by atoms with E-state index in [0.29, 0.717) is 43.9 Å². The normalized spacial score (nSPS) is 23.4.